The standard InChI is InChI=1S/C46H27BN2S/c1-2-13-30(14-3-1)49-39-19-9-6-16-32(39)37-27-36(29-23-24-34-33-17-7-11-21-41(33)50-42(34)26-29)43-35-25-22-28-12-4-5-15-31(28)45(35)48-40-20-10-8-18-38(40)47(49)44(37)46(43)48/h1-27H. The number of anilines is 2. The normalized spacial score (nSPS) is 13.1. The predicted octanol–water partition coefficient (Wildman–Crippen LogP) is 11.2. The fraction of sp³-hybridized carbons (Fsp3) is 0. The van der Waals surface area contributed by atoms with Gasteiger partial charge in [0.15, 0.2) is 0 Å². The second kappa shape index (κ2) is 9.75. The molecule has 2 aliphatic rings. The third-order valence-corrected chi connectivity index (χ3v) is 12.3. The Bertz CT molecular complexity index is 3060. The van der Waals surface area contributed by atoms with E-state index >= 15 is 0 Å². The third-order valence-electron chi connectivity index (χ3n) is 11.1. The van der Waals surface area contributed by atoms with Crippen LogP contribution in [0.1, 0.15) is 0 Å². The minimum atomic E-state index is 0.0169. The SMILES string of the molecule is c1ccc(N2B3c4ccccc4-n4c5c3c(cc(-c3ccc6c(c3)sc3ccccc36)c5c3ccc5ccccc5c34)-c3ccccc32)cc1. The van der Waals surface area contributed by atoms with E-state index < -0.39 is 0 Å². The third kappa shape index (κ3) is 3.39. The van der Waals surface area contributed by atoms with E-state index in [1.165, 1.54) is 103 Å². The topological polar surface area (TPSA) is 8.17 Å². The highest BCUT2D eigenvalue weighted by atomic mass is 32.1. The lowest BCUT2D eigenvalue weighted by Gasteiger charge is -2.42. The van der Waals surface area contributed by atoms with Crippen molar-refractivity contribution in [2.75, 3.05) is 4.81 Å². The Morgan fingerprint density at radius 1 is 0.460 bits per heavy atom. The van der Waals surface area contributed by atoms with E-state index in [0.29, 0.717) is 0 Å². The van der Waals surface area contributed by atoms with Gasteiger partial charge < -0.3 is 9.38 Å². The van der Waals surface area contributed by atoms with Crippen molar-refractivity contribution < 1.29 is 0 Å². The summed E-state index contributed by atoms with van der Waals surface area (Å²) in [5.41, 5.74) is 14.2. The number of nitrogens with zero attached hydrogens (tertiary/aromatic N) is 2. The molecule has 0 radical (unpaired) electrons. The highest BCUT2D eigenvalue weighted by Crippen LogP contribution is 2.49. The molecule has 8 aromatic carbocycles. The van der Waals surface area contributed by atoms with Gasteiger partial charge in [-0.25, -0.2) is 0 Å². The fourth-order valence-corrected chi connectivity index (χ4v) is 10.3. The van der Waals surface area contributed by atoms with Crippen LogP contribution < -0.4 is 15.7 Å². The van der Waals surface area contributed by atoms with Crippen LogP contribution in [-0.4, -0.2) is 11.4 Å². The average Bonchev–Trinajstić information content (AvgIpc) is 3.74. The van der Waals surface area contributed by atoms with Crippen molar-refractivity contribution in [2.45, 2.75) is 0 Å². The zero-order valence-corrected chi connectivity index (χ0v) is 27.8. The fourth-order valence-electron chi connectivity index (χ4n) is 9.13. The van der Waals surface area contributed by atoms with Crippen molar-refractivity contribution in [1.29, 1.82) is 0 Å². The van der Waals surface area contributed by atoms with Crippen LogP contribution in [0.4, 0.5) is 11.4 Å². The molecule has 4 heterocycles. The van der Waals surface area contributed by atoms with Crippen LogP contribution in [0.5, 0.6) is 0 Å². The Morgan fingerprint density at radius 2 is 1.18 bits per heavy atom. The Kier molecular flexibility index (Phi) is 5.23. The first-order valence-corrected chi connectivity index (χ1v) is 18.1. The monoisotopic (exact) mass is 650 g/mol. The van der Waals surface area contributed by atoms with Crippen LogP contribution in [0, 0.1) is 0 Å². The maximum Gasteiger partial charge on any atom is 0.333 e. The summed E-state index contributed by atoms with van der Waals surface area (Å²) in [5.74, 6) is 0. The molecule has 0 N–H and O–H groups in total. The van der Waals surface area contributed by atoms with Crippen LogP contribution in [0.2, 0.25) is 0 Å². The molecule has 0 unspecified atom stereocenters. The number of rotatable bonds is 2. The first-order valence-electron chi connectivity index (χ1n) is 17.3. The minimum absolute atomic E-state index is 0.0169. The smallest absolute Gasteiger partial charge is 0.333 e. The zero-order chi connectivity index (χ0) is 32.5. The van der Waals surface area contributed by atoms with Crippen molar-refractivity contribution in [3.63, 3.8) is 0 Å². The van der Waals surface area contributed by atoms with Gasteiger partial charge in [0.2, 0.25) is 0 Å². The van der Waals surface area contributed by atoms with Gasteiger partial charge in [-0.15, -0.1) is 11.3 Å². The molecule has 0 bridgehead atoms. The molecule has 2 aromatic heterocycles. The number of para-hydroxylation sites is 3. The van der Waals surface area contributed by atoms with Crippen molar-refractivity contribution in [3.05, 3.63) is 164 Å². The summed E-state index contributed by atoms with van der Waals surface area (Å²) in [5, 5.41) is 7.84. The lowest BCUT2D eigenvalue weighted by molar-refractivity contribution is 1.19. The van der Waals surface area contributed by atoms with E-state index in [-0.39, 0.29) is 6.85 Å². The second-order valence-corrected chi connectivity index (χ2v) is 14.7. The van der Waals surface area contributed by atoms with E-state index in [2.05, 4.69) is 173 Å². The average molecular weight is 651 g/mol. The predicted molar refractivity (Wildman–Crippen MR) is 216 cm³/mol. The molecule has 0 amide bonds. The van der Waals surface area contributed by atoms with Gasteiger partial charge in [0, 0.05) is 59.0 Å². The number of fused-ring (bicyclic) bond motifs is 13. The summed E-state index contributed by atoms with van der Waals surface area (Å²) in [7, 11) is 0. The van der Waals surface area contributed by atoms with Gasteiger partial charge in [0.05, 0.1) is 11.0 Å². The summed E-state index contributed by atoms with van der Waals surface area (Å²) in [4.78, 5) is 2.58. The first kappa shape index (κ1) is 26.8. The molecule has 50 heavy (non-hydrogen) atoms. The Balaban J connectivity index is 1.30. The molecule has 0 saturated carbocycles. The van der Waals surface area contributed by atoms with Gasteiger partial charge in [0.1, 0.15) is 0 Å². The molecule has 4 heteroatoms. The number of aromatic nitrogens is 1. The van der Waals surface area contributed by atoms with Gasteiger partial charge in [-0.2, -0.15) is 0 Å². The molecule has 0 spiro atoms. The summed E-state index contributed by atoms with van der Waals surface area (Å²) in [6, 6.07) is 61.1. The molecule has 0 fully saturated rings. The van der Waals surface area contributed by atoms with E-state index in [4.69, 9.17) is 0 Å². The van der Waals surface area contributed by atoms with Crippen LogP contribution in [0.25, 0.3) is 80.7 Å². The number of hydrogen-bond acceptors (Lipinski definition) is 2. The quantitative estimate of drug-likeness (QED) is 0.169. The number of thiophene rings is 1. The minimum Gasteiger partial charge on any atom is -0.376 e. The molecule has 2 nitrogen and oxygen atoms in total. The van der Waals surface area contributed by atoms with Gasteiger partial charge in [0.25, 0.3) is 0 Å². The zero-order valence-electron chi connectivity index (χ0n) is 27.0. The van der Waals surface area contributed by atoms with Crippen LogP contribution >= 0.6 is 11.3 Å². The maximum atomic E-state index is 2.61. The number of benzene rings is 8. The van der Waals surface area contributed by atoms with Gasteiger partial charge in [-0.05, 0) is 75.5 Å². The van der Waals surface area contributed by atoms with Gasteiger partial charge in [-0.1, -0.05) is 121 Å². The lowest BCUT2D eigenvalue weighted by atomic mass is 9.44. The molecule has 12 rings (SSSR count). The van der Waals surface area contributed by atoms with E-state index in [1.807, 2.05) is 11.3 Å². The summed E-state index contributed by atoms with van der Waals surface area (Å²) in [6.07, 6.45) is 0. The highest BCUT2D eigenvalue weighted by molar-refractivity contribution is 7.25. The van der Waals surface area contributed by atoms with Crippen molar-refractivity contribution in [1.82, 2.24) is 4.57 Å². The molecular weight excluding hydrogens is 623 g/mol. The Hall–Kier alpha value is -6.10. The maximum absolute atomic E-state index is 2.61. The van der Waals surface area contributed by atoms with Crippen molar-refractivity contribution in [2.24, 2.45) is 0 Å². The van der Waals surface area contributed by atoms with E-state index in [9.17, 15) is 0 Å². The summed E-state index contributed by atoms with van der Waals surface area (Å²) >= 11 is 1.89. The molecule has 0 saturated heterocycles. The van der Waals surface area contributed by atoms with E-state index in [0.717, 1.165) is 0 Å². The van der Waals surface area contributed by atoms with Gasteiger partial charge >= 0.3 is 6.85 Å². The lowest BCUT2D eigenvalue weighted by Crippen LogP contribution is -2.60. The van der Waals surface area contributed by atoms with Crippen LogP contribution in [0.3, 0.4) is 0 Å². The van der Waals surface area contributed by atoms with Crippen LogP contribution in [-0.2, 0) is 0 Å². The molecular formula is C46H27BN2S. The highest BCUT2D eigenvalue weighted by Gasteiger charge is 2.44. The Morgan fingerprint density at radius 3 is 2.10 bits per heavy atom. The molecule has 2 aliphatic heterocycles. The second-order valence-electron chi connectivity index (χ2n) is 13.6. The van der Waals surface area contributed by atoms with E-state index in [1.54, 1.807) is 0 Å². The van der Waals surface area contributed by atoms with Gasteiger partial charge in [-0.3, -0.25) is 0 Å². The summed E-state index contributed by atoms with van der Waals surface area (Å²) < 4.78 is 5.27. The Labute approximate surface area is 293 Å². The molecule has 0 atom stereocenters. The number of hydrogen-bond donors (Lipinski definition) is 0. The molecule has 230 valence electrons. The molecule has 10 aromatic rings. The first-order chi connectivity index (χ1) is 24.8. The largest absolute Gasteiger partial charge is 0.376 e. The van der Waals surface area contributed by atoms with Crippen molar-refractivity contribution in [3.8, 4) is 27.9 Å². The summed E-state index contributed by atoms with van der Waals surface area (Å²) in [6.45, 7) is 0.0169. The molecule has 0 aliphatic carbocycles. The van der Waals surface area contributed by atoms with Crippen LogP contribution in [0.15, 0.2) is 164 Å². The van der Waals surface area contributed by atoms with Crippen molar-refractivity contribution >= 4 is 93.2 Å².